The number of nitrogens with two attached hydrogens (primary N) is 1. The Hall–Kier alpha value is -0.570. The van der Waals surface area contributed by atoms with E-state index >= 15 is 0 Å². The summed E-state index contributed by atoms with van der Waals surface area (Å²) in [5.41, 5.74) is 5.68. The van der Waals surface area contributed by atoms with Gasteiger partial charge in [-0.15, -0.1) is 0 Å². The Morgan fingerprint density at radius 3 is 2.14 bits per heavy atom. The second-order valence-corrected chi connectivity index (χ2v) is 4.90. The zero-order valence-corrected chi connectivity index (χ0v) is 8.48. The van der Waals surface area contributed by atoms with Gasteiger partial charge in [0.1, 0.15) is 6.04 Å². The van der Waals surface area contributed by atoms with Crippen molar-refractivity contribution < 1.29 is 9.90 Å². The van der Waals surface area contributed by atoms with Crippen LogP contribution in [0.2, 0.25) is 0 Å². The highest BCUT2D eigenvalue weighted by atomic mass is 16.4. The molecule has 3 heteroatoms. The normalized spacial score (nSPS) is 39.1. The summed E-state index contributed by atoms with van der Waals surface area (Å²) in [4.78, 5) is 10.8. The average Bonchev–Trinajstić information content (AvgIpc) is 2.59. The van der Waals surface area contributed by atoms with E-state index in [0.717, 1.165) is 24.7 Å². The quantitative estimate of drug-likeness (QED) is 0.707. The molecule has 0 radical (unpaired) electrons. The van der Waals surface area contributed by atoms with Gasteiger partial charge in [-0.05, 0) is 30.6 Å². The number of carboxylic acids is 1. The van der Waals surface area contributed by atoms with Crippen molar-refractivity contribution in [3.63, 3.8) is 0 Å². The van der Waals surface area contributed by atoms with Crippen LogP contribution < -0.4 is 5.73 Å². The molecule has 2 fully saturated rings. The van der Waals surface area contributed by atoms with E-state index in [9.17, 15) is 4.79 Å². The molecule has 0 bridgehead atoms. The summed E-state index contributed by atoms with van der Waals surface area (Å²) in [6, 6.07) is -0.624. The molecule has 2 rings (SSSR count). The molecule has 2 saturated carbocycles. The number of hydrogen-bond acceptors (Lipinski definition) is 2. The largest absolute Gasteiger partial charge is 0.480 e. The number of aliphatic carboxylic acids is 1. The molecular weight excluding hydrogens is 178 g/mol. The maximum atomic E-state index is 10.8. The van der Waals surface area contributed by atoms with Gasteiger partial charge in [-0.25, -0.2) is 0 Å². The van der Waals surface area contributed by atoms with Gasteiger partial charge in [0.05, 0.1) is 0 Å². The number of carboxylic acid groups (broad SMARTS) is 1. The first-order valence-electron chi connectivity index (χ1n) is 5.67. The Labute approximate surface area is 84.7 Å². The Morgan fingerprint density at radius 2 is 1.71 bits per heavy atom. The second-order valence-electron chi connectivity index (χ2n) is 4.90. The SMILES string of the molecule is N[C@H](C(=O)O)C1CC2CCCCC2C1. The van der Waals surface area contributed by atoms with Gasteiger partial charge < -0.3 is 10.8 Å². The monoisotopic (exact) mass is 197 g/mol. The van der Waals surface area contributed by atoms with Crippen molar-refractivity contribution in [2.24, 2.45) is 23.5 Å². The summed E-state index contributed by atoms with van der Waals surface area (Å²) < 4.78 is 0. The van der Waals surface area contributed by atoms with Gasteiger partial charge in [0.2, 0.25) is 0 Å². The standard InChI is InChI=1S/C11H19NO2/c12-10(11(13)14)9-5-7-3-1-2-4-8(7)6-9/h7-10H,1-6,12H2,(H,13,14)/t7?,8?,9?,10-/m0/s1. The fraction of sp³-hybridized carbons (Fsp3) is 0.909. The van der Waals surface area contributed by atoms with E-state index in [2.05, 4.69) is 0 Å². The molecule has 2 aliphatic rings. The number of rotatable bonds is 2. The number of hydrogen-bond donors (Lipinski definition) is 2. The third-order valence-corrected chi connectivity index (χ3v) is 4.07. The summed E-state index contributed by atoms with van der Waals surface area (Å²) >= 11 is 0. The van der Waals surface area contributed by atoms with Crippen LogP contribution in [-0.2, 0) is 4.79 Å². The van der Waals surface area contributed by atoms with Crippen molar-refractivity contribution >= 4 is 5.97 Å². The molecule has 0 heterocycles. The number of fused-ring (bicyclic) bond motifs is 1. The van der Waals surface area contributed by atoms with E-state index in [4.69, 9.17) is 10.8 Å². The Morgan fingerprint density at radius 1 is 1.21 bits per heavy atom. The predicted octanol–water partition coefficient (Wildman–Crippen LogP) is 1.61. The summed E-state index contributed by atoms with van der Waals surface area (Å²) in [7, 11) is 0. The minimum absolute atomic E-state index is 0.237. The van der Waals surface area contributed by atoms with Crippen LogP contribution >= 0.6 is 0 Å². The van der Waals surface area contributed by atoms with Gasteiger partial charge in [-0.3, -0.25) is 4.79 Å². The van der Waals surface area contributed by atoms with Gasteiger partial charge in [0.15, 0.2) is 0 Å². The van der Waals surface area contributed by atoms with E-state index in [0.29, 0.717) is 0 Å². The van der Waals surface area contributed by atoms with Crippen LogP contribution in [0.4, 0.5) is 0 Å². The average molecular weight is 197 g/mol. The first-order chi connectivity index (χ1) is 6.68. The van der Waals surface area contributed by atoms with Crippen molar-refractivity contribution in [2.45, 2.75) is 44.6 Å². The topological polar surface area (TPSA) is 63.3 Å². The minimum Gasteiger partial charge on any atom is -0.480 e. The highest BCUT2D eigenvalue weighted by Crippen LogP contribution is 2.45. The molecule has 0 saturated heterocycles. The van der Waals surface area contributed by atoms with Crippen molar-refractivity contribution in [1.82, 2.24) is 0 Å². The zero-order chi connectivity index (χ0) is 10.1. The van der Waals surface area contributed by atoms with Crippen LogP contribution in [0.1, 0.15) is 38.5 Å². The molecule has 3 atom stereocenters. The van der Waals surface area contributed by atoms with Gasteiger partial charge in [0, 0.05) is 0 Å². The molecule has 0 aliphatic heterocycles. The van der Waals surface area contributed by atoms with Crippen LogP contribution in [0.15, 0.2) is 0 Å². The van der Waals surface area contributed by atoms with Crippen LogP contribution in [0.5, 0.6) is 0 Å². The van der Waals surface area contributed by atoms with E-state index in [1.807, 2.05) is 0 Å². The van der Waals surface area contributed by atoms with Crippen LogP contribution in [0.25, 0.3) is 0 Å². The van der Waals surface area contributed by atoms with E-state index in [-0.39, 0.29) is 5.92 Å². The smallest absolute Gasteiger partial charge is 0.320 e. The maximum Gasteiger partial charge on any atom is 0.320 e. The molecule has 80 valence electrons. The van der Waals surface area contributed by atoms with Crippen molar-refractivity contribution in [3.8, 4) is 0 Å². The van der Waals surface area contributed by atoms with E-state index in [1.54, 1.807) is 0 Å². The summed E-state index contributed by atoms with van der Waals surface area (Å²) in [5.74, 6) is 0.965. The van der Waals surface area contributed by atoms with Gasteiger partial charge in [0.25, 0.3) is 0 Å². The summed E-state index contributed by atoms with van der Waals surface area (Å²) in [6.45, 7) is 0. The molecule has 0 aromatic rings. The lowest BCUT2D eigenvalue weighted by Gasteiger charge is -2.24. The Balaban J connectivity index is 1.95. The molecule has 3 N–H and O–H groups in total. The third-order valence-electron chi connectivity index (χ3n) is 4.07. The van der Waals surface area contributed by atoms with Crippen LogP contribution in [0, 0.1) is 17.8 Å². The Bertz CT molecular complexity index is 215. The minimum atomic E-state index is -0.825. The molecule has 2 aliphatic carbocycles. The molecule has 14 heavy (non-hydrogen) atoms. The maximum absolute atomic E-state index is 10.8. The highest BCUT2D eigenvalue weighted by Gasteiger charge is 2.39. The van der Waals surface area contributed by atoms with Crippen LogP contribution in [-0.4, -0.2) is 17.1 Å². The fourth-order valence-electron chi connectivity index (χ4n) is 3.27. The van der Waals surface area contributed by atoms with Crippen molar-refractivity contribution in [2.75, 3.05) is 0 Å². The van der Waals surface area contributed by atoms with Crippen molar-refractivity contribution in [1.29, 1.82) is 0 Å². The molecular formula is C11H19NO2. The van der Waals surface area contributed by atoms with E-state index < -0.39 is 12.0 Å². The predicted molar refractivity (Wildman–Crippen MR) is 53.8 cm³/mol. The Kier molecular flexibility index (Phi) is 2.77. The molecule has 0 aromatic carbocycles. The third kappa shape index (κ3) is 1.78. The molecule has 3 nitrogen and oxygen atoms in total. The first-order valence-corrected chi connectivity index (χ1v) is 5.67. The van der Waals surface area contributed by atoms with Gasteiger partial charge >= 0.3 is 5.97 Å². The molecule has 0 spiro atoms. The lowest BCUT2D eigenvalue weighted by molar-refractivity contribution is -0.139. The lowest BCUT2D eigenvalue weighted by Crippen LogP contribution is -2.36. The van der Waals surface area contributed by atoms with Crippen LogP contribution in [0.3, 0.4) is 0 Å². The highest BCUT2D eigenvalue weighted by molar-refractivity contribution is 5.73. The summed E-state index contributed by atoms with van der Waals surface area (Å²) in [6.07, 6.45) is 7.36. The lowest BCUT2D eigenvalue weighted by atomic mass is 9.82. The van der Waals surface area contributed by atoms with Gasteiger partial charge in [-0.2, -0.15) is 0 Å². The zero-order valence-electron chi connectivity index (χ0n) is 8.48. The van der Waals surface area contributed by atoms with Gasteiger partial charge in [-0.1, -0.05) is 25.7 Å². The fourth-order valence-corrected chi connectivity index (χ4v) is 3.27. The van der Waals surface area contributed by atoms with Crippen molar-refractivity contribution in [3.05, 3.63) is 0 Å². The molecule has 0 aromatic heterocycles. The summed E-state index contributed by atoms with van der Waals surface area (Å²) in [5, 5.41) is 8.85. The molecule has 0 amide bonds. The van der Waals surface area contributed by atoms with E-state index in [1.165, 1.54) is 25.7 Å². The number of carbonyl (C=O) groups is 1. The molecule has 2 unspecified atom stereocenters. The first kappa shape index (κ1) is 9.97. The second kappa shape index (κ2) is 3.89.